The van der Waals surface area contributed by atoms with Gasteiger partial charge in [-0.2, -0.15) is 0 Å². The van der Waals surface area contributed by atoms with E-state index < -0.39 is 18.0 Å². The maximum absolute atomic E-state index is 11.9. The summed E-state index contributed by atoms with van der Waals surface area (Å²) in [5, 5.41) is 9.05. The molecule has 0 radical (unpaired) electrons. The molecule has 1 aromatic rings. The first-order valence-electron chi connectivity index (χ1n) is 5.33. The molecule has 0 unspecified atom stereocenters. The molecule has 0 saturated carbocycles. The van der Waals surface area contributed by atoms with E-state index in [4.69, 9.17) is 14.6 Å². The molecule has 2 aliphatic heterocycles. The Morgan fingerprint density at radius 2 is 2.12 bits per heavy atom. The van der Waals surface area contributed by atoms with Gasteiger partial charge < -0.3 is 14.6 Å². The zero-order valence-electron chi connectivity index (χ0n) is 9.15. The summed E-state index contributed by atoms with van der Waals surface area (Å²) in [6.07, 6.45) is 0.0930. The lowest BCUT2D eigenvalue weighted by Crippen LogP contribution is -2.40. The highest BCUT2D eigenvalue weighted by Gasteiger charge is 2.58. The molecule has 3 heterocycles. The molecule has 17 heavy (non-hydrogen) atoms. The summed E-state index contributed by atoms with van der Waals surface area (Å²) in [5.74, 6) is 0. The average molecular weight is 240 g/mol. The van der Waals surface area contributed by atoms with Crippen molar-refractivity contribution in [2.45, 2.75) is 24.5 Å². The van der Waals surface area contributed by atoms with Gasteiger partial charge in [0.05, 0.1) is 6.61 Å². The van der Waals surface area contributed by atoms with Crippen LogP contribution in [-0.2, 0) is 16.5 Å². The molecule has 2 aliphatic rings. The highest BCUT2D eigenvalue weighted by Crippen LogP contribution is 2.43. The van der Waals surface area contributed by atoms with Crippen molar-refractivity contribution in [3.8, 4) is 0 Å². The van der Waals surface area contributed by atoms with Crippen LogP contribution in [0.1, 0.15) is 6.23 Å². The quantitative estimate of drug-likeness (QED) is 0.617. The molecule has 2 saturated heterocycles. The van der Waals surface area contributed by atoms with Crippen molar-refractivity contribution in [1.82, 2.24) is 9.13 Å². The van der Waals surface area contributed by atoms with E-state index in [0.717, 1.165) is 4.57 Å². The largest absolute Gasteiger partial charge is 0.394 e. The van der Waals surface area contributed by atoms with E-state index in [0.29, 0.717) is 0 Å². The summed E-state index contributed by atoms with van der Waals surface area (Å²) in [6.45, 7) is -0.141. The van der Waals surface area contributed by atoms with Gasteiger partial charge in [0, 0.05) is 19.3 Å². The van der Waals surface area contributed by atoms with Crippen molar-refractivity contribution in [2.75, 3.05) is 6.61 Å². The van der Waals surface area contributed by atoms with Crippen LogP contribution < -0.4 is 11.2 Å². The number of ether oxygens (including phenoxy) is 2. The van der Waals surface area contributed by atoms with Crippen molar-refractivity contribution in [1.29, 1.82) is 0 Å². The van der Waals surface area contributed by atoms with Crippen LogP contribution in [0.15, 0.2) is 21.9 Å². The number of fused-ring (bicyclic) bond motifs is 1. The van der Waals surface area contributed by atoms with Gasteiger partial charge in [-0.05, 0) is 0 Å². The zero-order valence-corrected chi connectivity index (χ0v) is 9.15. The Balaban J connectivity index is 1.99. The number of aromatic nitrogens is 2. The molecule has 1 N–H and O–H groups in total. The lowest BCUT2D eigenvalue weighted by Gasteiger charge is -2.18. The van der Waals surface area contributed by atoms with Crippen molar-refractivity contribution < 1.29 is 14.6 Å². The van der Waals surface area contributed by atoms with Gasteiger partial charge in [-0.1, -0.05) is 0 Å². The third-order valence-electron chi connectivity index (χ3n) is 3.19. The van der Waals surface area contributed by atoms with Crippen LogP contribution in [0.25, 0.3) is 0 Å². The normalized spacial score (nSPS) is 34.7. The smallest absolute Gasteiger partial charge is 0.332 e. The highest BCUT2D eigenvalue weighted by molar-refractivity contribution is 5.03. The Hall–Kier alpha value is -1.44. The van der Waals surface area contributed by atoms with Gasteiger partial charge in [-0.15, -0.1) is 0 Å². The molecule has 3 rings (SSSR count). The Bertz CT molecular complexity index is 563. The highest BCUT2D eigenvalue weighted by atomic mass is 16.7. The van der Waals surface area contributed by atoms with Crippen LogP contribution in [0.2, 0.25) is 0 Å². The predicted octanol–water partition coefficient (Wildman–Crippen LogP) is -1.80. The molecule has 7 heteroatoms. The Morgan fingerprint density at radius 1 is 1.35 bits per heavy atom. The lowest BCUT2D eigenvalue weighted by atomic mass is 10.2. The second-order valence-corrected chi connectivity index (χ2v) is 4.22. The molecule has 4 atom stereocenters. The number of epoxide rings is 1. The van der Waals surface area contributed by atoms with E-state index in [-0.39, 0.29) is 24.4 Å². The monoisotopic (exact) mass is 240 g/mol. The van der Waals surface area contributed by atoms with Crippen LogP contribution in [0, 0.1) is 0 Å². The first-order valence-corrected chi connectivity index (χ1v) is 5.33. The van der Waals surface area contributed by atoms with E-state index in [1.54, 1.807) is 0 Å². The van der Waals surface area contributed by atoms with Gasteiger partial charge >= 0.3 is 5.69 Å². The minimum atomic E-state index is -0.559. The van der Waals surface area contributed by atoms with Crippen LogP contribution in [0.3, 0.4) is 0 Å². The zero-order chi connectivity index (χ0) is 12.2. The molecule has 7 nitrogen and oxygen atoms in total. The first-order chi connectivity index (χ1) is 8.13. The molecule has 1 aromatic heterocycles. The predicted molar refractivity (Wildman–Crippen MR) is 55.6 cm³/mol. The second-order valence-electron chi connectivity index (χ2n) is 4.22. The topological polar surface area (TPSA) is 86.0 Å². The summed E-state index contributed by atoms with van der Waals surface area (Å²) in [7, 11) is 1.41. The van der Waals surface area contributed by atoms with E-state index in [1.807, 2.05) is 0 Å². The number of aliphatic hydroxyl groups excluding tert-OH is 1. The van der Waals surface area contributed by atoms with E-state index in [2.05, 4.69) is 0 Å². The second kappa shape index (κ2) is 3.52. The summed E-state index contributed by atoms with van der Waals surface area (Å²) < 4.78 is 13.2. The van der Waals surface area contributed by atoms with Gasteiger partial charge in [-0.3, -0.25) is 13.9 Å². The molecule has 0 amide bonds. The van der Waals surface area contributed by atoms with E-state index in [1.165, 1.54) is 23.9 Å². The van der Waals surface area contributed by atoms with Crippen LogP contribution in [-0.4, -0.2) is 39.2 Å². The average Bonchev–Trinajstić information content (AvgIpc) is 3.03. The van der Waals surface area contributed by atoms with Gasteiger partial charge in [0.1, 0.15) is 18.3 Å². The Morgan fingerprint density at radius 3 is 2.76 bits per heavy atom. The van der Waals surface area contributed by atoms with E-state index >= 15 is 0 Å². The Kier molecular flexibility index (Phi) is 2.22. The third kappa shape index (κ3) is 1.47. The number of nitrogens with zero attached hydrogens (tertiary/aromatic N) is 2. The Labute approximate surface area is 95.8 Å². The summed E-state index contributed by atoms with van der Waals surface area (Å²) >= 11 is 0. The maximum Gasteiger partial charge on any atom is 0.332 e. The number of rotatable bonds is 2. The van der Waals surface area contributed by atoms with Gasteiger partial charge in [-0.25, -0.2) is 4.79 Å². The molecule has 0 aromatic carbocycles. The fourth-order valence-electron chi connectivity index (χ4n) is 2.15. The number of aliphatic hydroxyl groups is 1. The maximum atomic E-state index is 11.9. The molecular weight excluding hydrogens is 228 g/mol. The summed E-state index contributed by atoms with van der Waals surface area (Å²) in [6, 6.07) is 1.30. The van der Waals surface area contributed by atoms with Crippen molar-refractivity contribution in [3.05, 3.63) is 33.1 Å². The molecule has 92 valence electrons. The summed E-state index contributed by atoms with van der Waals surface area (Å²) in [4.78, 5) is 23.1. The third-order valence-corrected chi connectivity index (χ3v) is 3.19. The van der Waals surface area contributed by atoms with Crippen molar-refractivity contribution in [3.63, 3.8) is 0 Å². The van der Waals surface area contributed by atoms with Crippen LogP contribution in [0.4, 0.5) is 0 Å². The van der Waals surface area contributed by atoms with Gasteiger partial charge in [0.15, 0.2) is 6.23 Å². The number of hydrogen-bond acceptors (Lipinski definition) is 5. The van der Waals surface area contributed by atoms with Crippen molar-refractivity contribution >= 4 is 0 Å². The van der Waals surface area contributed by atoms with Gasteiger partial charge in [0.2, 0.25) is 0 Å². The standard InChI is InChI=1S/C10H12N2O5/c1-11-6(14)2-3-12(10(11)15)9-8-7(17-8)5(4-13)16-9/h2-3,5,7-9,13H,4H2,1H3/t5-,7-,8-,9-/m1/s1. The lowest BCUT2D eigenvalue weighted by molar-refractivity contribution is -0.0860. The molecule has 0 aliphatic carbocycles. The summed E-state index contributed by atoms with van der Waals surface area (Å²) in [5.41, 5.74) is -0.813. The van der Waals surface area contributed by atoms with Crippen molar-refractivity contribution in [2.24, 2.45) is 7.05 Å². The fourth-order valence-corrected chi connectivity index (χ4v) is 2.15. The molecule has 0 bridgehead atoms. The molecular formula is C10H12N2O5. The first kappa shape index (κ1) is 10.7. The molecule has 2 fully saturated rings. The van der Waals surface area contributed by atoms with E-state index in [9.17, 15) is 9.59 Å². The van der Waals surface area contributed by atoms with Crippen LogP contribution >= 0.6 is 0 Å². The molecule has 0 spiro atoms. The van der Waals surface area contributed by atoms with Crippen LogP contribution in [0.5, 0.6) is 0 Å². The number of hydrogen-bond donors (Lipinski definition) is 1. The fraction of sp³-hybridized carbons (Fsp3) is 0.600. The van der Waals surface area contributed by atoms with Gasteiger partial charge in [0.25, 0.3) is 5.56 Å². The SMILES string of the molecule is Cn1c(=O)ccn([C@@H]2O[C@H](CO)[C@H]3O[C@H]32)c1=O. The minimum absolute atomic E-state index is 0.141. The minimum Gasteiger partial charge on any atom is -0.394 e.